The van der Waals surface area contributed by atoms with E-state index in [1.807, 2.05) is 0 Å². The van der Waals surface area contributed by atoms with Crippen LogP contribution in [0.2, 0.25) is 0 Å². The summed E-state index contributed by atoms with van der Waals surface area (Å²) in [6.45, 7) is 0. The average molecular weight is 129 g/mol. The van der Waals surface area contributed by atoms with E-state index in [1.54, 1.807) is 6.21 Å². The van der Waals surface area contributed by atoms with E-state index in [0.29, 0.717) is 5.66 Å². The van der Waals surface area contributed by atoms with Crippen LogP contribution in [0.4, 0.5) is 0 Å². The minimum atomic E-state index is 0.656. The van der Waals surface area contributed by atoms with Crippen LogP contribution in [0.5, 0.6) is 0 Å². The maximum Gasteiger partial charge on any atom is 0.0110 e. The number of rotatable bonds is 1. The Bertz CT molecular complexity index is 76.6. The van der Waals surface area contributed by atoms with Gasteiger partial charge in [0.05, 0.1) is 0 Å². The van der Waals surface area contributed by atoms with Gasteiger partial charge < -0.3 is 5.41 Å². The highest BCUT2D eigenvalue weighted by atomic mass is 31.1. The Hall–Kier alpha value is 0.100. The zero-order chi connectivity index (χ0) is 5.82. The van der Waals surface area contributed by atoms with E-state index in [-0.39, 0.29) is 0 Å². The van der Waals surface area contributed by atoms with Gasteiger partial charge in [0.1, 0.15) is 0 Å². The van der Waals surface area contributed by atoms with E-state index < -0.39 is 0 Å². The van der Waals surface area contributed by atoms with Crippen LogP contribution in [0.25, 0.3) is 0 Å². The lowest BCUT2D eigenvalue weighted by Crippen LogP contribution is -2.07. The molecule has 1 nitrogen and oxygen atoms in total. The lowest BCUT2D eigenvalue weighted by atomic mass is 10.2. The normalized spacial score (nSPS) is 32.8. The molecule has 1 N–H and O–H groups in total. The Morgan fingerprint density at radius 1 is 1.50 bits per heavy atom. The van der Waals surface area contributed by atoms with Crippen molar-refractivity contribution in [2.75, 3.05) is 6.16 Å². The average Bonchev–Trinajstić information content (AvgIpc) is 1.90. The van der Waals surface area contributed by atoms with Crippen LogP contribution in [0.15, 0.2) is 0 Å². The number of hydrogen-bond donors (Lipinski definition) is 1. The summed E-state index contributed by atoms with van der Waals surface area (Å²) < 4.78 is 0. The van der Waals surface area contributed by atoms with Gasteiger partial charge in [-0.3, -0.25) is 0 Å². The van der Waals surface area contributed by atoms with E-state index in [4.69, 9.17) is 5.41 Å². The molecule has 0 radical (unpaired) electrons. The molecule has 1 rings (SSSR count). The van der Waals surface area contributed by atoms with Gasteiger partial charge in [-0.1, -0.05) is 6.42 Å². The molecule has 46 valence electrons. The van der Waals surface area contributed by atoms with Gasteiger partial charge in [0, 0.05) is 11.9 Å². The van der Waals surface area contributed by atoms with Crippen molar-refractivity contribution in [3.63, 3.8) is 0 Å². The summed E-state index contributed by atoms with van der Waals surface area (Å²) in [5.74, 6) is 0. The Kier molecular flexibility index (Phi) is 2.48. The highest BCUT2D eigenvalue weighted by Gasteiger charge is 2.08. The summed E-state index contributed by atoms with van der Waals surface area (Å²) in [4.78, 5) is 0. The largest absolute Gasteiger partial charge is 0.312 e. The quantitative estimate of drug-likeness (QED) is 0.413. The fourth-order valence-corrected chi connectivity index (χ4v) is 2.37. The smallest absolute Gasteiger partial charge is 0.0110 e. The zero-order valence-corrected chi connectivity index (χ0v) is 5.98. The topological polar surface area (TPSA) is 23.9 Å². The summed E-state index contributed by atoms with van der Waals surface area (Å²) in [5, 5.41) is 6.98. The second-order valence-corrected chi connectivity index (χ2v) is 3.87. The first-order valence-corrected chi connectivity index (χ1v) is 4.46. The van der Waals surface area contributed by atoms with Crippen LogP contribution in [-0.2, 0) is 0 Å². The Morgan fingerprint density at radius 3 is 2.75 bits per heavy atom. The molecule has 0 amide bonds. The van der Waals surface area contributed by atoms with Crippen LogP contribution in [-0.4, -0.2) is 18.0 Å². The lowest BCUT2D eigenvalue weighted by molar-refractivity contribution is 0.729. The molecular weight excluding hydrogens is 117 g/mol. The molecule has 1 heterocycles. The first-order chi connectivity index (χ1) is 3.93. The summed E-state index contributed by atoms with van der Waals surface area (Å²) in [7, 11) is 1.05. The van der Waals surface area contributed by atoms with Crippen LogP contribution < -0.4 is 0 Å². The van der Waals surface area contributed by atoms with E-state index >= 15 is 0 Å². The zero-order valence-electron chi connectivity index (χ0n) is 4.98. The predicted octanol–water partition coefficient (Wildman–Crippen LogP) is 1.87. The van der Waals surface area contributed by atoms with Gasteiger partial charge in [-0.2, -0.15) is 0 Å². The summed E-state index contributed by atoms with van der Waals surface area (Å²) >= 11 is 0. The summed E-state index contributed by atoms with van der Waals surface area (Å²) in [6, 6.07) is 0. The Labute approximate surface area is 52.2 Å². The molecule has 0 bridgehead atoms. The number of hydrogen-bond acceptors (Lipinski definition) is 1. The maximum atomic E-state index is 6.98. The van der Waals surface area contributed by atoms with E-state index in [9.17, 15) is 0 Å². The van der Waals surface area contributed by atoms with Crippen molar-refractivity contribution in [3.05, 3.63) is 0 Å². The minimum Gasteiger partial charge on any atom is -0.312 e. The van der Waals surface area contributed by atoms with Gasteiger partial charge in [0.2, 0.25) is 0 Å². The van der Waals surface area contributed by atoms with Crippen molar-refractivity contribution >= 4 is 14.8 Å². The van der Waals surface area contributed by atoms with E-state index in [2.05, 4.69) is 0 Å². The highest BCUT2D eigenvalue weighted by molar-refractivity contribution is 7.40. The highest BCUT2D eigenvalue weighted by Crippen LogP contribution is 2.28. The first kappa shape index (κ1) is 6.22. The fourth-order valence-electron chi connectivity index (χ4n) is 1.02. The summed E-state index contributed by atoms with van der Waals surface area (Å²) in [6.07, 6.45) is 7.04. The number of nitrogens with one attached hydrogen (secondary N) is 1. The van der Waals surface area contributed by atoms with Crippen LogP contribution in [0.3, 0.4) is 0 Å². The van der Waals surface area contributed by atoms with Crippen molar-refractivity contribution in [2.45, 2.75) is 24.9 Å². The standard InChI is InChI=1S/C6H12NP/c7-5-6-3-1-2-4-8-6/h5-8H,1-4H2. The van der Waals surface area contributed by atoms with Crippen LogP contribution in [0.1, 0.15) is 19.3 Å². The molecule has 2 unspecified atom stereocenters. The van der Waals surface area contributed by atoms with Gasteiger partial charge >= 0.3 is 0 Å². The van der Waals surface area contributed by atoms with Crippen molar-refractivity contribution in [3.8, 4) is 0 Å². The van der Waals surface area contributed by atoms with Crippen molar-refractivity contribution in [2.24, 2.45) is 0 Å². The third-order valence-electron chi connectivity index (χ3n) is 1.55. The van der Waals surface area contributed by atoms with Gasteiger partial charge in [0.25, 0.3) is 0 Å². The Balaban J connectivity index is 2.22. The fraction of sp³-hybridized carbons (Fsp3) is 0.833. The second-order valence-electron chi connectivity index (χ2n) is 2.22. The SMILES string of the molecule is N=CC1CCCCP1. The molecule has 0 saturated carbocycles. The monoisotopic (exact) mass is 129 g/mol. The van der Waals surface area contributed by atoms with Gasteiger partial charge in [-0.25, -0.2) is 0 Å². The van der Waals surface area contributed by atoms with Crippen molar-refractivity contribution < 1.29 is 0 Å². The minimum absolute atomic E-state index is 0.656. The van der Waals surface area contributed by atoms with Crippen LogP contribution in [0, 0.1) is 5.41 Å². The molecule has 2 heteroatoms. The lowest BCUT2D eigenvalue weighted by Gasteiger charge is -2.16. The molecule has 1 aliphatic rings. The molecule has 0 aromatic rings. The van der Waals surface area contributed by atoms with Gasteiger partial charge in [0.15, 0.2) is 0 Å². The molecule has 2 atom stereocenters. The second kappa shape index (κ2) is 3.19. The van der Waals surface area contributed by atoms with Gasteiger partial charge in [-0.05, 0) is 19.0 Å². The molecule has 0 aromatic carbocycles. The molecule has 8 heavy (non-hydrogen) atoms. The molecule has 0 aromatic heterocycles. The van der Waals surface area contributed by atoms with Crippen molar-refractivity contribution in [1.29, 1.82) is 5.41 Å². The maximum absolute atomic E-state index is 6.98. The Morgan fingerprint density at radius 2 is 2.38 bits per heavy atom. The van der Waals surface area contributed by atoms with E-state index in [0.717, 1.165) is 8.58 Å². The third-order valence-corrected chi connectivity index (χ3v) is 3.17. The first-order valence-electron chi connectivity index (χ1n) is 3.17. The van der Waals surface area contributed by atoms with Crippen molar-refractivity contribution in [1.82, 2.24) is 0 Å². The van der Waals surface area contributed by atoms with Crippen LogP contribution >= 0.6 is 8.58 Å². The van der Waals surface area contributed by atoms with Gasteiger partial charge in [-0.15, -0.1) is 8.58 Å². The third kappa shape index (κ3) is 1.56. The molecular formula is C6H12NP. The van der Waals surface area contributed by atoms with E-state index in [1.165, 1.54) is 25.4 Å². The molecule has 1 aliphatic heterocycles. The molecule has 1 fully saturated rings. The molecule has 0 spiro atoms. The molecule has 0 aliphatic carbocycles. The molecule has 1 saturated heterocycles. The summed E-state index contributed by atoms with van der Waals surface area (Å²) in [5.41, 5.74) is 0.656. The predicted molar refractivity (Wildman–Crippen MR) is 39.6 cm³/mol.